The van der Waals surface area contributed by atoms with Crippen LogP contribution in [0.15, 0.2) is 24.3 Å². The van der Waals surface area contributed by atoms with Crippen molar-refractivity contribution in [2.45, 2.75) is 13.5 Å². The molecule has 1 heterocycles. The summed E-state index contributed by atoms with van der Waals surface area (Å²) in [5.41, 5.74) is 0. The van der Waals surface area contributed by atoms with Crippen molar-refractivity contribution in [2.24, 2.45) is 0 Å². The molecule has 0 fully saturated rings. The number of aromatic nitrogens is 2. The molecule has 7 heteroatoms. The van der Waals surface area contributed by atoms with Gasteiger partial charge < -0.3 is 14.8 Å². The molecule has 0 saturated carbocycles. The maximum absolute atomic E-state index is 13.6. The van der Waals surface area contributed by atoms with Crippen molar-refractivity contribution in [3.8, 4) is 11.6 Å². The molecular formula is C14H15F2N3O2. The van der Waals surface area contributed by atoms with Crippen LogP contribution in [-0.2, 0) is 11.3 Å². The summed E-state index contributed by atoms with van der Waals surface area (Å²) in [6.45, 7) is 2.57. The van der Waals surface area contributed by atoms with Gasteiger partial charge in [-0.05, 0) is 19.1 Å². The number of nitrogens with zero attached hydrogens (tertiary/aromatic N) is 2. The van der Waals surface area contributed by atoms with Gasteiger partial charge in [0.05, 0.1) is 0 Å². The van der Waals surface area contributed by atoms with E-state index in [2.05, 4.69) is 15.3 Å². The quantitative estimate of drug-likeness (QED) is 0.887. The third-order valence-electron chi connectivity index (χ3n) is 2.55. The smallest absolute Gasteiger partial charge is 0.224 e. The van der Waals surface area contributed by atoms with E-state index in [1.54, 1.807) is 7.05 Å². The van der Waals surface area contributed by atoms with E-state index < -0.39 is 11.6 Å². The number of hydrogen-bond acceptors (Lipinski definition) is 5. The maximum atomic E-state index is 13.6. The van der Waals surface area contributed by atoms with Gasteiger partial charge in [-0.15, -0.1) is 0 Å². The van der Waals surface area contributed by atoms with E-state index in [0.717, 1.165) is 18.2 Å². The lowest BCUT2D eigenvalue weighted by atomic mass is 10.3. The highest BCUT2D eigenvalue weighted by Gasteiger charge is 2.10. The molecule has 21 heavy (non-hydrogen) atoms. The van der Waals surface area contributed by atoms with Crippen molar-refractivity contribution >= 4 is 5.82 Å². The predicted octanol–water partition coefficient (Wildman–Crippen LogP) is 3.13. The number of anilines is 1. The standard InChI is InChI=1S/C14H15F2N3O2/c1-3-20-8-13-18-12(17-2)7-14(19-13)21-11-6-9(15)4-5-10(11)16/h4-7H,3,8H2,1-2H3,(H,17,18,19). The first-order valence-electron chi connectivity index (χ1n) is 6.38. The summed E-state index contributed by atoms with van der Waals surface area (Å²) in [6, 6.07) is 4.45. The minimum Gasteiger partial charge on any atom is -0.436 e. The second kappa shape index (κ2) is 6.94. The molecule has 0 bridgehead atoms. The largest absolute Gasteiger partial charge is 0.436 e. The van der Waals surface area contributed by atoms with Crippen LogP contribution in [0.2, 0.25) is 0 Å². The third-order valence-corrected chi connectivity index (χ3v) is 2.55. The van der Waals surface area contributed by atoms with Crippen LogP contribution in [0.3, 0.4) is 0 Å². The Morgan fingerprint density at radius 2 is 2.00 bits per heavy atom. The predicted molar refractivity (Wildman–Crippen MR) is 73.3 cm³/mol. The fourth-order valence-electron chi connectivity index (χ4n) is 1.58. The van der Waals surface area contributed by atoms with Gasteiger partial charge in [0, 0.05) is 25.8 Å². The van der Waals surface area contributed by atoms with Crippen molar-refractivity contribution in [3.05, 3.63) is 41.7 Å². The minimum atomic E-state index is -0.674. The number of halogens is 2. The van der Waals surface area contributed by atoms with Crippen LogP contribution < -0.4 is 10.1 Å². The molecule has 0 aliphatic heterocycles. The van der Waals surface area contributed by atoms with E-state index in [0.29, 0.717) is 18.2 Å². The fourth-order valence-corrected chi connectivity index (χ4v) is 1.58. The molecule has 1 N–H and O–H groups in total. The molecule has 0 atom stereocenters. The van der Waals surface area contributed by atoms with E-state index in [9.17, 15) is 8.78 Å². The molecule has 0 amide bonds. The molecule has 1 aromatic heterocycles. The highest BCUT2D eigenvalue weighted by Crippen LogP contribution is 2.25. The second-order valence-electron chi connectivity index (χ2n) is 4.07. The lowest BCUT2D eigenvalue weighted by Crippen LogP contribution is -2.04. The van der Waals surface area contributed by atoms with Crippen LogP contribution in [0.4, 0.5) is 14.6 Å². The normalized spacial score (nSPS) is 10.5. The Hall–Kier alpha value is -2.28. The summed E-state index contributed by atoms with van der Waals surface area (Å²) in [5, 5.41) is 2.84. The van der Waals surface area contributed by atoms with E-state index in [1.807, 2.05) is 6.92 Å². The molecule has 0 saturated heterocycles. The molecular weight excluding hydrogens is 280 g/mol. The van der Waals surface area contributed by atoms with E-state index >= 15 is 0 Å². The Morgan fingerprint density at radius 1 is 1.19 bits per heavy atom. The number of hydrogen-bond donors (Lipinski definition) is 1. The number of rotatable bonds is 6. The van der Waals surface area contributed by atoms with Crippen molar-refractivity contribution in [2.75, 3.05) is 19.0 Å². The molecule has 2 aromatic rings. The van der Waals surface area contributed by atoms with Gasteiger partial charge in [0.25, 0.3) is 0 Å². The van der Waals surface area contributed by atoms with Crippen LogP contribution in [0.5, 0.6) is 11.6 Å². The number of nitrogens with one attached hydrogen (secondary N) is 1. The monoisotopic (exact) mass is 295 g/mol. The lowest BCUT2D eigenvalue weighted by Gasteiger charge is -2.09. The topological polar surface area (TPSA) is 56.3 Å². The summed E-state index contributed by atoms with van der Waals surface area (Å²) in [4.78, 5) is 8.27. The fraction of sp³-hybridized carbons (Fsp3) is 0.286. The average molecular weight is 295 g/mol. The zero-order chi connectivity index (χ0) is 15.2. The molecule has 0 spiro atoms. The van der Waals surface area contributed by atoms with Gasteiger partial charge in [0.15, 0.2) is 17.4 Å². The van der Waals surface area contributed by atoms with Crippen molar-refractivity contribution in [1.29, 1.82) is 0 Å². The molecule has 5 nitrogen and oxygen atoms in total. The number of benzene rings is 1. The summed E-state index contributed by atoms with van der Waals surface area (Å²) >= 11 is 0. The first kappa shape index (κ1) is 15.1. The highest BCUT2D eigenvalue weighted by molar-refractivity contribution is 5.39. The molecule has 1 aromatic carbocycles. The van der Waals surface area contributed by atoms with Gasteiger partial charge in [-0.1, -0.05) is 0 Å². The van der Waals surface area contributed by atoms with E-state index in [4.69, 9.17) is 9.47 Å². The van der Waals surface area contributed by atoms with E-state index in [1.165, 1.54) is 6.07 Å². The molecule has 112 valence electrons. The van der Waals surface area contributed by atoms with Crippen LogP contribution in [-0.4, -0.2) is 23.6 Å². The van der Waals surface area contributed by atoms with Crippen LogP contribution in [0.1, 0.15) is 12.7 Å². The molecule has 0 radical (unpaired) electrons. The maximum Gasteiger partial charge on any atom is 0.224 e. The van der Waals surface area contributed by atoms with Crippen molar-refractivity contribution in [1.82, 2.24) is 9.97 Å². The SMILES string of the molecule is CCOCc1nc(NC)cc(Oc2cc(F)ccc2F)n1. The third kappa shape index (κ3) is 4.09. The van der Waals surface area contributed by atoms with Gasteiger partial charge >= 0.3 is 0 Å². The Labute approximate surface area is 120 Å². The van der Waals surface area contributed by atoms with Gasteiger partial charge in [0.1, 0.15) is 18.2 Å². The summed E-state index contributed by atoms with van der Waals surface area (Å²) in [6.07, 6.45) is 0. The average Bonchev–Trinajstić information content (AvgIpc) is 2.48. The Morgan fingerprint density at radius 3 is 2.71 bits per heavy atom. The number of ether oxygens (including phenoxy) is 2. The summed E-state index contributed by atoms with van der Waals surface area (Å²) in [5.74, 6) is -0.523. The van der Waals surface area contributed by atoms with Gasteiger partial charge in [-0.25, -0.2) is 13.8 Å². The molecule has 0 aliphatic rings. The molecule has 2 rings (SSSR count). The Kier molecular flexibility index (Phi) is 4.99. The zero-order valence-electron chi connectivity index (χ0n) is 11.7. The molecule has 0 aliphatic carbocycles. The van der Waals surface area contributed by atoms with E-state index in [-0.39, 0.29) is 18.2 Å². The van der Waals surface area contributed by atoms with Crippen LogP contribution in [0, 0.1) is 11.6 Å². The van der Waals surface area contributed by atoms with Crippen molar-refractivity contribution in [3.63, 3.8) is 0 Å². The van der Waals surface area contributed by atoms with Gasteiger partial charge in [-0.3, -0.25) is 0 Å². The molecule has 0 unspecified atom stereocenters. The van der Waals surface area contributed by atoms with Gasteiger partial charge in [0.2, 0.25) is 5.88 Å². The highest BCUT2D eigenvalue weighted by atomic mass is 19.1. The Balaban J connectivity index is 2.27. The van der Waals surface area contributed by atoms with Crippen LogP contribution >= 0.6 is 0 Å². The summed E-state index contributed by atoms with van der Waals surface area (Å²) in [7, 11) is 1.68. The van der Waals surface area contributed by atoms with Crippen molar-refractivity contribution < 1.29 is 18.3 Å². The minimum absolute atomic E-state index is 0.105. The van der Waals surface area contributed by atoms with Gasteiger partial charge in [-0.2, -0.15) is 4.98 Å². The second-order valence-corrected chi connectivity index (χ2v) is 4.07. The first-order chi connectivity index (χ1) is 10.1. The Bertz CT molecular complexity index is 623. The van der Waals surface area contributed by atoms with Crippen LogP contribution in [0.25, 0.3) is 0 Å². The zero-order valence-corrected chi connectivity index (χ0v) is 11.7. The summed E-state index contributed by atoms with van der Waals surface area (Å²) < 4.78 is 37.2. The lowest BCUT2D eigenvalue weighted by molar-refractivity contribution is 0.128. The first-order valence-corrected chi connectivity index (χ1v) is 6.38.